The van der Waals surface area contributed by atoms with Gasteiger partial charge >= 0.3 is 0 Å². The fraction of sp³-hybridized carbons (Fsp3) is 0.593. The van der Waals surface area contributed by atoms with Gasteiger partial charge in [0.25, 0.3) is 5.91 Å². The molecule has 1 aromatic carbocycles. The van der Waals surface area contributed by atoms with Crippen LogP contribution in [0.5, 0.6) is 0 Å². The number of benzene rings is 1. The van der Waals surface area contributed by atoms with Crippen LogP contribution in [0.4, 0.5) is 0 Å². The molecule has 7 nitrogen and oxygen atoms in total. The van der Waals surface area contributed by atoms with Gasteiger partial charge in [0, 0.05) is 25.0 Å². The summed E-state index contributed by atoms with van der Waals surface area (Å²) in [6.45, 7) is 2.23. The number of ether oxygens (including phenoxy) is 1. The molecule has 1 saturated carbocycles. The zero-order valence-electron chi connectivity index (χ0n) is 20.0. The maximum atomic E-state index is 13.2. The summed E-state index contributed by atoms with van der Waals surface area (Å²) < 4.78 is 8.13. The zero-order chi connectivity index (χ0) is 23.3. The number of piperidine rings is 1. The highest BCUT2D eigenvalue weighted by atomic mass is 16.5. The first kappa shape index (κ1) is 23.1. The van der Waals surface area contributed by atoms with Crippen LogP contribution in [0.25, 0.3) is 0 Å². The molecule has 0 radical (unpaired) electrons. The van der Waals surface area contributed by atoms with Crippen molar-refractivity contribution in [2.45, 2.75) is 83.1 Å². The number of hydrogen-bond acceptors (Lipinski definition) is 4. The molecule has 1 aromatic heterocycles. The monoisotopic (exact) mass is 464 g/mol. The average Bonchev–Trinajstić information content (AvgIpc) is 3.29. The highest BCUT2D eigenvalue weighted by Crippen LogP contribution is 2.29. The van der Waals surface area contributed by atoms with Crippen molar-refractivity contribution >= 4 is 11.8 Å². The van der Waals surface area contributed by atoms with Crippen molar-refractivity contribution in [3.8, 4) is 0 Å². The first-order chi connectivity index (χ1) is 16.7. The van der Waals surface area contributed by atoms with Gasteiger partial charge in [-0.25, -0.2) is 4.98 Å². The number of fused-ring (bicyclic) bond motifs is 1. The molecule has 3 heterocycles. The Labute approximate surface area is 201 Å². The second-order valence-corrected chi connectivity index (χ2v) is 10.0. The topological polar surface area (TPSA) is 76.5 Å². The maximum absolute atomic E-state index is 13.2. The van der Waals surface area contributed by atoms with E-state index in [1.807, 2.05) is 27.7 Å². The smallest absolute Gasteiger partial charge is 0.274 e. The van der Waals surface area contributed by atoms with E-state index >= 15 is 0 Å². The number of aromatic nitrogens is 2. The van der Waals surface area contributed by atoms with Gasteiger partial charge in [0.1, 0.15) is 6.10 Å². The predicted molar refractivity (Wildman–Crippen MR) is 129 cm³/mol. The molecule has 0 spiro atoms. The van der Waals surface area contributed by atoms with E-state index in [4.69, 9.17) is 4.74 Å². The second kappa shape index (κ2) is 10.7. The largest absolute Gasteiger partial charge is 0.365 e. The van der Waals surface area contributed by atoms with Crippen molar-refractivity contribution < 1.29 is 14.3 Å². The maximum Gasteiger partial charge on any atom is 0.274 e. The van der Waals surface area contributed by atoms with Gasteiger partial charge in [-0.3, -0.25) is 9.59 Å². The van der Waals surface area contributed by atoms with Crippen LogP contribution in [0.1, 0.15) is 85.6 Å². The Morgan fingerprint density at radius 2 is 1.65 bits per heavy atom. The zero-order valence-corrected chi connectivity index (χ0v) is 20.0. The molecule has 34 heavy (non-hydrogen) atoms. The summed E-state index contributed by atoms with van der Waals surface area (Å²) in [7, 11) is 0. The number of carbonyl (C=O) groups is 2. The number of nitrogens with one attached hydrogen (secondary N) is 1. The second-order valence-electron chi connectivity index (χ2n) is 10.0. The summed E-state index contributed by atoms with van der Waals surface area (Å²) in [4.78, 5) is 32.4. The molecule has 182 valence electrons. The molecule has 0 unspecified atom stereocenters. The average molecular weight is 465 g/mol. The van der Waals surface area contributed by atoms with Crippen LogP contribution in [0.2, 0.25) is 0 Å². The van der Waals surface area contributed by atoms with Gasteiger partial charge in [-0.2, -0.15) is 0 Å². The molecule has 2 amide bonds. The van der Waals surface area contributed by atoms with E-state index in [2.05, 4.69) is 22.4 Å². The van der Waals surface area contributed by atoms with Crippen LogP contribution < -0.4 is 5.32 Å². The first-order valence-corrected chi connectivity index (χ1v) is 13.0. The quantitative estimate of drug-likeness (QED) is 0.734. The summed E-state index contributed by atoms with van der Waals surface area (Å²) in [5.74, 6) is 0.132. The van der Waals surface area contributed by atoms with E-state index in [9.17, 15) is 9.59 Å². The Morgan fingerprint density at radius 3 is 2.38 bits per heavy atom. The number of likely N-dealkylation sites (tertiary alicyclic amines) is 1. The Kier molecular flexibility index (Phi) is 7.28. The molecule has 1 atom stereocenters. The third-order valence-corrected chi connectivity index (χ3v) is 7.71. The highest BCUT2D eigenvalue weighted by molar-refractivity contribution is 5.93. The Morgan fingerprint density at radius 1 is 0.941 bits per heavy atom. The van der Waals surface area contributed by atoms with Gasteiger partial charge in [0.05, 0.1) is 25.2 Å². The van der Waals surface area contributed by atoms with Crippen LogP contribution in [-0.4, -0.2) is 45.4 Å². The number of amides is 2. The van der Waals surface area contributed by atoms with Gasteiger partial charge in [-0.05, 0) is 31.2 Å². The van der Waals surface area contributed by atoms with Crippen LogP contribution in [0, 0.1) is 5.92 Å². The summed E-state index contributed by atoms with van der Waals surface area (Å²) in [6, 6.07) is 10.5. The molecular formula is C27H36N4O3. The van der Waals surface area contributed by atoms with Crippen molar-refractivity contribution in [2.24, 2.45) is 5.92 Å². The minimum Gasteiger partial charge on any atom is -0.365 e. The number of carbonyl (C=O) groups excluding carboxylic acids is 2. The molecule has 7 heteroatoms. The van der Waals surface area contributed by atoms with Crippen LogP contribution in [0.3, 0.4) is 0 Å². The SMILES string of the molecule is O=C(NC1CCCCCCC1)C1CCN(C(=O)c2ncn3c2CO[C@@H](c2ccccc2)C3)CC1. The van der Waals surface area contributed by atoms with Crippen molar-refractivity contribution in [3.63, 3.8) is 0 Å². The Balaban J connectivity index is 1.15. The lowest BCUT2D eigenvalue weighted by atomic mass is 9.93. The molecule has 0 bridgehead atoms. The molecule has 3 aliphatic rings. The summed E-state index contributed by atoms with van der Waals surface area (Å²) in [5.41, 5.74) is 2.47. The van der Waals surface area contributed by atoms with E-state index in [-0.39, 0.29) is 23.8 Å². The van der Waals surface area contributed by atoms with Gasteiger partial charge in [0.2, 0.25) is 5.91 Å². The van der Waals surface area contributed by atoms with Gasteiger partial charge in [0.15, 0.2) is 5.69 Å². The lowest BCUT2D eigenvalue weighted by molar-refractivity contribution is -0.127. The fourth-order valence-corrected chi connectivity index (χ4v) is 5.59. The summed E-state index contributed by atoms with van der Waals surface area (Å²) in [6.07, 6.45) is 11.7. The standard InChI is InChI=1S/C27H36N4O3/c32-26(29-22-11-7-2-1-3-8-12-22)21-13-15-30(16-14-21)27(33)25-23-18-34-24(17-31(23)19-28-25)20-9-5-4-6-10-20/h4-6,9-10,19,21-22,24H,1-3,7-8,11-18H2,(H,29,32)/t24-/m1/s1. The summed E-state index contributed by atoms with van der Waals surface area (Å²) in [5, 5.41) is 3.31. The molecule has 2 fully saturated rings. The Hall–Kier alpha value is -2.67. The van der Waals surface area contributed by atoms with E-state index in [1.165, 1.54) is 32.1 Å². The Bertz CT molecular complexity index is 973. The van der Waals surface area contributed by atoms with Crippen molar-refractivity contribution in [1.82, 2.24) is 19.8 Å². The molecule has 2 aromatic rings. The molecule has 1 N–H and O–H groups in total. The molecule has 1 saturated heterocycles. The molecule has 5 rings (SSSR count). The van der Waals surface area contributed by atoms with E-state index in [1.54, 1.807) is 6.33 Å². The number of nitrogens with zero attached hydrogens (tertiary/aromatic N) is 3. The minimum absolute atomic E-state index is 0.000339. The van der Waals surface area contributed by atoms with Crippen LogP contribution in [-0.2, 0) is 22.7 Å². The van der Waals surface area contributed by atoms with E-state index in [0.717, 1.165) is 24.1 Å². The summed E-state index contributed by atoms with van der Waals surface area (Å²) >= 11 is 0. The normalized spacial score (nSPS) is 22.5. The van der Waals surface area contributed by atoms with Crippen LogP contribution in [0.15, 0.2) is 36.7 Å². The molecule has 1 aliphatic carbocycles. The van der Waals surface area contributed by atoms with E-state index < -0.39 is 0 Å². The highest BCUT2D eigenvalue weighted by Gasteiger charge is 2.32. The minimum atomic E-state index is -0.0469. The lowest BCUT2D eigenvalue weighted by Gasteiger charge is -2.32. The van der Waals surface area contributed by atoms with Gasteiger partial charge in [-0.15, -0.1) is 0 Å². The van der Waals surface area contributed by atoms with Gasteiger partial charge in [-0.1, -0.05) is 62.4 Å². The fourth-order valence-electron chi connectivity index (χ4n) is 5.59. The third kappa shape index (κ3) is 5.19. The number of imidazole rings is 1. The molecule has 2 aliphatic heterocycles. The van der Waals surface area contributed by atoms with Crippen LogP contribution >= 0.6 is 0 Å². The molecular weight excluding hydrogens is 428 g/mol. The number of hydrogen-bond donors (Lipinski definition) is 1. The van der Waals surface area contributed by atoms with Crippen molar-refractivity contribution in [2.75, 3.05) is 13.1 Å². The predicted octanol–water partition coefficient (Wildman–Crippen LogP) is 4.24. The van der Waals surface area contributed by atoms with Crippen molar-refractivity contribution in [3.05, 3.63) is 53.6 Å². The van der Waals surface area contributed by atoms with Crippen molar-refractivity contribution in [1.29, 1.82) is 0 Å². The van der Waals surface area contributed by atoms with E-state index in [0.29, 0.717) is 50.8 Å². The number of rotatable bonds is 4. The van der Waals surface area contributed by atoms with Gasteiger partial charge < -0.3 is 19.5 Å². The third-order valence-electron chi connectivity index (χ3n) is 7.71. The lowest BCUT2D eigenvalue weighted by Crippen LogP contribution is -2.45. The first-order valence-electron chi connectivity index (χ1n) is 13.0.